The first-order valence-corrected chi connectivity index (χ1v) is 6.73. The topological polar surface area (TPSA) is 21.3 Å². The summed E-state index contributed by atoms with van der Waals surface area (Å²) in [4.78, 5) is 0. The standard InChI is InChI=1S/C14H21ClFNO/c1-4-14(18-5-2)13(17-3)9-10-11(15)7-6-8-12(10)16/h6-8,13-14,17H,4-5,9H2,1-3H3. The van der Waals surface area contributed by atoms with Crippen LogP contribution >= 0.6 is 11.6 Å². The largest absolute Gasteiger partial charge is 0.377 e. The van der Waals surface area contributed by atoms with E-state index in [0.29, 0.717) is 23.6 Å². The highest BCUT2D eigenvalue weighted by Gasteiger charge is 2.21. The molecule has 4 heteroatoms. The van der Waals surface area contributed by atoms with Crippen LogP contribution in [0.15, 0.2) is 18.2 Å². The van der Waals surface area contributed by atoms with Crippen molar-refractivity contribution in [2.45, 2.75) is 38.8 Å². The van der Waals surface area contributed by atoms with Crippen molar-refractivity contribution in [2.75, 3.05) is 13.7 Å². The van der Waals surface area contributed by atoms with Crippen molar-refractivity contribution >= 4 is 11.6 Å². The van der Waals surface area contributed by atoms with Gasteiger partial charge in [-0.2, -0.15) is 0 Å². The summed E-state index contributed by atoms with van der Waals surface area (Å²) >= 11 is 6.05. The Hall–Kier alpha value is -0.640. The normalized spacial score (nSPS) is 14.5. The van der Waals surface area contributed by atoms with Crippen LogP contribution in [0.5, 0.6) is 0 Å². The quantitative estimate of drug-likeness (QED) is 0.822. The zero-order valence-electron chi connectivity index (χ0n) is 11.2. The molecule has 1 aromatic rings. The number of nitrogens with one attached hydrogen (secondary N) is 1. The minimum absolute atomic E-state index is 0.0596. The lowest BCUT2D eigenvalue weighted by Gasteiger charge is -2.26. The maximum absolute atomic E-state index is 13.7. The molecule has 0 amide bonds. The summed E-state index contributed by atoms with van der Waals surface area (Å²) in [6.45, 7) is 4.68. The summed E-state index contributed by atoms with van der Waals surface area (Å²) in [6.07, 6.45) is 1.47. The SMILES string of the molecule is CCOC(CC)C(Cc1c(F)cccc1Cl)NC. The predicted molar refractivity (Wildman–Crippen MR) is 73.7 cm³/mol. The fourth-order valence-corrected chi connectivity index (χ4v) is 2.34. The van der Waals surface area contributed by atoms with Crippen molar-refractivity contribution in [3.63, 3.8) is 0 Å². The fourth-order valence-electron chi connectivity index (χ4n) is 2.10. The van der Waals surface area contributed by atoms with Gasteiger partial charge in [-0.05, 0) is 38.9 Å². The Morgan fingerprint density at radius 3 is 2.61 bits per heavy atom. The van der Waals surface area contributed by atoms with E-state index in [1.807, 2.05) is 14.0 Å². The van der Waals surface area contributed by atoms with Gasteiger partial charge in [-0.1, -0.05) is 24.6 Å². The smallest absolute Gasteiger partial charge is 0.127 e. The van der Waals surface area contributed by atoms with Crippen LogP contribution in [-0.4, -0.2) is 25.8 Å². The number of halogens is 2. The number of likely N-dealkylation sites (N-methyl/N-ethyl adjacent to an activating group) is 1. The number of ether oxygens (including phenoxy) is 1. The van der Waals surface area contributed by atoms with Crippen molar-refractivity contribution in [1.29, 1.82) is 0 Å². The summed E-state index contributed by atoms with van der Waals surface area (Å²) in [5, 5.41) is 3.66. The molecular formula is C14H21ClFNO. The molecule has 1 rings (SSSR count). The van der Waals surface area contributed by atoms with Crippen LogP contribution in [0.25, 0.3) is 0 Å². The van der Waals surface area contributed by atoms with Gasteiger partial charge in [0.1, 0.15) is 5.82 Å². The molecule has 0 saturated heterocycles. The van der Waals surface area contributed by atoms with E-state index < -0.39 is 0 Å². The van der Waals surface area contributed by atoms with Crippen LogP contribution < -0.4 is 5.32 Å². The summed E-state index contributed by atoms with van der Waals surface area (Å²) < 4.78 is 19.4. The third-order valence-electron chi connectivity index (χ3n) is 3.09. The van der Waals surface area contributed by atoms with Gasteiger partial charge in [0, 0.05) is 23.2 Å². The highest BCUT2D eigenvalue weighted by molar-refractivity contribution is 6.31. The van der Waals surface area contributed by atoms with E-state index in [1.54, 1.807) is 12.1 Å². The Morgan fingerprint density at radius 2 is 2.11 bits per heavy atom. The molecule has 0 radical (unpaired) electrons. The van der Waals surface area contributed by atoms with Crippen LogP contribution in [0.3, 0.4) is 0 Å². The highest BCUT2D eigenvalue weighted by atomic mass is 35.5. The number of hydrogen-bond acceptors (Lipinski definition) is 2. The molecule has 0 aliphatic rings. The molecule has 2 nitrogen and oxygen atoms in total. The van der Waals surface area contributed by atoms with Gasteiger partial charge < -0.3 is 10.1 Å². The summed E-state index contributed by atoms with van der Waals surface area (Å²) in [7, 11) is 1.86. The van der Waals surface area contributed by atoms with Crippen LogP contribution in [0.2, 0.25) is 5.02 Å². The number of hydrogen-bond donors (Lipinski definition) is 1. The van der Waals surface area contributed by atoms with Gasteiger partial charge in [0.2, 0.25) is 0 Å². The lowest BCUT2D eigenvalue weighted by Crippen LogP contribution is -2.41. The average molecular weight is 274 g/mol. The number of benzene rings is 1. The molecule has 0 spiro atoms. The number of rotatable bonds is 7. The zero-order chi connectivity index (χ0) is 13.5. The molecule has 0 aromatic heterocycles. The van der Waals surface area contributed by atoms with Gasteiger partial charge in [-0.3, -0.25) is 0 Å². The summed E-state index contributed by atoms with van der Waals surface area (Å²) in [6, 6.07) is 4.84. The Morgan fingerprint density at radius 1 is 1.39 bits per heavy atom. The molecule has 102 valence electrons. The van der Waals surface area contributed by atoms with Crippen molar-refractivity contribution in [3.05, 3.63) is 34.6 Å². The summed E-state index contributed by atoms with van der Waals surface area (Å²) in [5.41, 5.74) is 0.552. The molecule has 0 aliphatic heterocycles. The molecular weight excluding hydrogens is 253 g/mol. The van der Waals surface area contributed by atoms with Crippen molar-refractivity contribution in [2.24, 2.45) is 0 Å². The molecule has 2 unspecified atom stereocenters. The van der Waals surface area contributed by atoms with Crippen molar-refractivity contribution < 1.29 is 9.13 Å². The molecule has 0 aliphatic carbocycles. The Labute approximate surface area is 113 Å². The van der Waals surface area contributed by atoms with Crippen molar-refractivity contribution in [1.82, 2.24) is 5.32 Å². The van der Waals surface area contributed by atoms with E-state index >= 15 is 0 Å². The van der Waals surface area contributed by atoms with Gasteiger partial charge in [0.15, 0.2) is 0 Å². The molecule has 0 fully saturated rings. The van der Waals surface area contributed by atoms with E-state index in [0.717, 1.165) is 6.42 Å². The first kappa shape index (κ1) is 15.4. The molecule has 0 saturated carbocycles. The molecule has 0 bridgehead atoms. The van der Waals surface area contributed by atoms with Gasteiger partial charge in [-0.15, -0.1) is 0 Å². The van der Waals surface area contributed by atoms with Crippen LogP contribution in [-0.2, 0) is 11.2 Å². The second-order valence-corrected chi connectivity index (χ2v) is 4.61. The monoisotopic (exact) mass is 273 g/mol. The van der Waals surface area contributed by atoms with Gasteiger partial charge in [0.05, 0.1) is 6.10 Å². The first-order chi connectivity index (χ1) is 8.63. The maximum atomic E-state index is 13.7. The Bertz CT molecular complexity index is 353. The fraction of sp³-hybridized carbons (Fsp3) is 0.571. The molecule has 2 atom stereocenters. The minimum atomic E-state index is -0.255. The molecule has 0 heterocycles. The van der Waals surface area contributed by atoms with Gasteiger partial charge in [-0.25, -0.2) is 4.39 Å². The molecule has 1 N–H and O–H groups in total. The molecule has 1 aromatic carbocycles. The van der Waals surface area contributed by atoms with Crippen LogP contribution in [0.1, 0.15) is 25.8 Å². The van der Waals surface area contributed by atoms with E-state index in [-0.39, 0.29) is 18.0 Å². The first-order valence-electron chi connectivity index (χ1n) is 6.35. The Kier molecular flexibility index (Phi) is 6.61. The van der Waals surface area contributed by atoms with Crippen LogP contribution in [0, 0.1) is 5.82 Å². The second kappa shape index (κ2) is 7.72. The van der Waals surface area contributed by atoms with Gasteiger partial charge >= 0.3 is 0 Å². The maximum Gasteiger partial charge on any atom is 0.127 e. The predicted octanol–water partition coefficient (Wildman–Crippen LogP) is 3.42. The van der Waals surface area contributed by atoms with Gasteiger partial charge in [0.25, 0.3) is 0 Å². The second-order valence-electron chi connectivity index (χ2n) is 4.20. The zero-order valence-corrected chi connectivity index (χ0v) is 11.9. The van der Waals surface area contributed by atoms with Crippen molar-refractivity contribution in [3.8, 4) is 0 Å². The lowest BCUT2D eigenvalue weighted by atomic mass is 9.99. The highest BCUT2D eigenvalue weighted by Crippen LogP contribution is 2.22. The van der Waals surface area contributed by atoms with E-state index in [1.165, 1.54) is 6.07 Å². The third-order valence-corrected chi connectivity index (χ3v) is 3.44. The van der Waals surface area contributed by atoms with E-state index in [4.69, 9.17) is 16.3 Å². The minimum Gasteiger partial charge on any atom is -0.377 e. The lowest BCUT2D eigenvalue weighted by molar-refractivity contribution is 0.0337. The summed E-state index contributed by atoms with van der Waals surface area (Å²) in [5.74, 6) is -0.255. The van der Waals surface area contributed by atoms with Crippen LogP contribution in [0.4, 0.5) is 4.39 Å². The third kappa shape index (κ3) is 3.94. The van der Waals surface area contributed by atoms with E-state index in [9.17, 15) is 4.39 Å². The average Bonchev–Trinajstić information content (AvgIpc) is 2.36. The molecule has 18 heavy (non-hydrogen) atoms. The Balaban J connectivity index is 2.85. The van der Waals surface area contributed by atoms with E-state index in [2.05, 4.69) is 12.2 Å².